The number of nitrogens with one attached hydrogen (secondary N) is 3. The Kier molecular flexibility index (Phi) is 5.79. The van der Waals surface area contributed by atoms with Gasteiger partial charge in [0.25, 0.3) is 10.0 Å². The first-order chi connectivity index (χ1) is 13.4. The van der Waals surface area contributed by atoms with Crippen LogP contribution in [-0.4, -0.2) is 24.9 Å². The van der Waals surface area contributed by atoms with Gasteiger partial charge in [0.15, 0.2) is 0 Å². The van der Waals surface area contributed by atoms with Gasteiger partial charge >= 0.3 is 0 Å². The summed E-state index contributed by atoms with van der Waals surface area (Å²) in [6.45, 7) is 6.47. The van der Waals surface area contributed by atoms with E-state index in [0.717, 1.165) is 23.5 Å². The summed E-state index contributed by atoms with van der Waals surface area (Å²) in [7, 11) is -3.62. The minimum absolute atomic E-state index is 0.238. The van der Waals surface area contributed by atoms with Crippen LogP contribution < -0.4 is 15.4 Å². The van der Waals surface area contributed by atoms with E-state index in [2.05, 4.69) is 25.3 Å². The average molecular weight is 398 g/mol. The highest BCUT2D eigenvalue weighted by Crippen LogP contribution is 2.21. The first-order valence-corrected chi connectivity index (χ1v) is 10.4. The van der Waals surface area contributed by atoms with Crippen molar-refractivity contribution in [3.8, 4) is 0 Å². The highest BCUT2D eigenvalue weighted by molar-refractivity contribution is 7.92. The standard InChI is InChI=1S/C20H23N5O2S/c1-4-21-20-22-15(3)13-19(24-20)23-16-8-10-17(11-9-16)25-28(26,27)18-7-5-6-14(2)12-18/h5-13,25H,4H2,1-3H3,(H2,21,22,23,24). The topological polar surface area (TPSA) is 96.0 Å². The first kappa shape index (κ1) is 19.6. The molecule has 3 N–H and O–H groups in total. The van der Waals surface area contributed by atoms with E-state index in [4.69, 9.17) is 0 Å². The smallest absolute Gasteiger partial charge is 0.261 e. The molecule has 0 saturated carbocycles. The number of rotatable bonds is 7. The molecule has 8 heteroatoms. The normalized spacial score (nSPS) is 11.1. The Labute approximate surface area is 165 Å². The van der Waals surface area contributed by atoms with Gasteiger partial charge in [-0.2, -0.15) is 4.98 Å². The Morgan fingerprint density at radius 2 is 1.64 bits per heavy atom. The van der Waals surface area contributed by atoms with Crippen LogP contribution in [0.3, 0.4) is 0 Å². The maximum absolute atomic E-state index is 12.5. The van der Waals surface area contributed by atoms with Crippen molar-refractivity contribution in [1.29, 1.82) is 0 Å². The Bertz CT molecular complexity index is 1070. The number of aromatic nitrogens is 2. The summed E-state index contributed by atoms with van der Waals surface area (Å²) in [4.78, 5) is 8.96. The average Bonchev–Trinajstić information content (AvgIpc) is 2.63. The number of nitrogens with zero attached hydrogens (tertiary/aromatic N) is 2. The first-order valence-electron chi connectivity index (χ1n) is 8.92. The quantitative estimate of drug-likeness (QED) is 0.556. The van der Waals surface area contributed by atoms with Gasteiger partial charge in [-0.05, 0) is 62.7 Å². The predicted octanol–water partition coefficient (Wildman–Crippen LogP) is 4.07. The van der Waals surface area contributed by atoms with Crippen LogP contribution in [0.2, 0.25) is 0 Å². The zero-order valence-electron chi connectivity index (χ0n) is 16.0. The van der Waals surface area contributed by atoms with Crippen LogP contribution in [0.1, 0.15) is 18.2 Å². The van der Waals surface area contributed by atoms with Crippen LogP contribution in [0.5, 0.6) is 0 Å². The molecule has 0 saturated heterocycles. The van der Waals surface area contributed by atoms with E-state index in [9.17, 15) is 8.42 Å². The summed E-state index contributed by atoms with van der Waals surface area (Å²) >= 11 is 0. The van der Waals surface area contributed by atoms with E-state index in [0.29, 0.717) is 17.5 Å². The van der Waals surface area contributed by atoms with Crippen LogP contribution in [0.4, 0.5) is 23.1 Å². The number of hydrogen-bond donors (Lipinski definition) is 3. The van der Waals surface area contributed by atoms with E-state index >= 15 is 0 Å². The van der Waals surface area contributed by atoms with E-state index in [1.807, 2.05) is 32.9 Å². The summed E-state index contributed by atoms with van der Waals surface area (Å²) in [5.74, 6) is 1.23. The molecule has 0 spiro atoms. The monoisotopic (exact) mass is 397 g/mol. The SMILES string of the molecule is CCNc1nc(C)cc(Nc2ccc(NS(=O)(=O)c3cccc(C)c3)cc2)n1. The van der Waals surface area contributed by atoms with Crippen molar-refractivity contribution < 1.29 is 8.42 Å². The molecule has 0 bridgehead atoms. The molecule has 1 heterocycles. The zero-order chi connectivity index (χ0) is 20.1. The molecular formula is C20H23N5O2S. The molecule has 0 atom stereocenters. The number of aryl methyl sites for hydroxylation is 2. The molecule has 0 aliphatic carbocycles. The number of sulfonamides is 1. The second-order valence-electron chi connectivity index (χ2n) is 6.37. The molecule has 0 fully saturated rings. The van der Waals surface area contributed by atoms with Crippen LogP contribution >= 0.6 is 0 Å². The van der Waals surface area contributed by atoms with Gasteiger partial charge in [-0.1, -0.05) is 12.1 Å². The van der Waals surface area contributed by atoms with Gasteiger partial charge in [-0.15, -0.1) is 0 Å². The van der Waals surface area contributed by atoms with Crippen molar-refractivity contribution in [2.45, 2.75) is 25.7 Å². The molecule has 0 amide bonds. The minimum atomic E-state index is -3.62. The van der Waals surface area contributed by atoms with E-state index < -0.39 is 10.0 Å². The van der Waals surface area contributed by atoms with Crippen LogP contribution in [0.25, 0.3) is 0 Å². The summed E-state index contributed by atoms with van der Waals surface area (Å²) in [5, 5.41) is 6.29. The number of benzene rings is 2. The van der Waals surface area contributed by atoms with Gasteiger partial charge in [0, 0.05) is 29.7 Å². The summed E-state index contributed by atoms with van der Waals surface area (Å²) in [5.41, 5.74) is 3.01. The lowest BCUT2D eigenvalue weighted by Gasteiger charge is -2.11. The lowest BCUT2D eigenvalue weighted by atomic mass is 10.2. The lowest BCUT2D eigenvalue weighted by Crippen LogP contribution is -2.13. The molecule has 0 unspecified atom stereocenters. The molecular weight excluding hydrogens is 374 g/mol. The predicted molar refractivity (Wildman–Crippen MR) is 113 cm³/mol. The van der Waals surface area contributed by atoms with Crippen LogP contribution in [0.15, 0.2) is 59.5 Å². The maximum atomic E-state index is 12.5. The molecule has 0 aliphatic heterocycles. The maximum Gasteiger partial charge on any atom is 0.261 e. The lowest BCUT2D eigenvalue weighted by molar-refractivity contribution is 0.601. The van der Waals surface area contributed by atoms with Crippen LogP contribution in [0, 0.1) is 13.8 Å². The van der Waals surface area contributed by atoms with E-state index in [1.54, 1.807) is 42.5 Å². The second kappa shape index (κ2) is 8.26. The Morgan fingerprint density at radius 3 is 2.32 bits per heavy atom. The van der Waals surface area contributed by atoms with Crippen molar-refractivity contribution in [2.75, 3.05) is 21.9 Å². The van der Waals surface area contributed by atoms with Gasteiger partial charge in [0.05, 0.1) is 4.90 Å². The summed E-state index contributed by atoms with van der Waals surface area (Å²) in [6.07, 6.45) is 0. The van der Waals surface area contributed by atoms with E-state index in [-0.39, 0.29) is 4.90 Å². The van der Waals surface area contributed by atoms with Crippen molar-refractivity contribution in [1.82, 2.24) is 9.97 Å². The molecule has 3 aromatic rings. The van der Waals surface area contributed by atoms with Crippen molar-refractivity contribution in [3.05, 3.63) is 65.9 Å². The molecule has 146 valence electrons. The second-order valence-corrected chi connectivity index (χ2v) is 8.06. The fourth-order valence-corrected chi connectivity index (χ4v) is 3.80. The molecule has 2 aromatic carbocycles. The fraction of sp³-hybridized carbons (Fsp3) is 0.200. The van der Waals surface area contributed by atoms with Gasteiger partial charge in [0.2, 0.25) is 5.95 Å². The third-order valence-electron chi connectivity index (χ3n) is 3.90. The van der Waals surface area contributed by atoms with Gasteiger partial charge < -0.3 is 10.6 Å². The van der Waals surface area contributed by atoms with Gasteiger partial charge in [0.1, 0.15) is 5.82 Å². The highest BCUT2D eigenvalue weighted by atomic mass is 32.2. The highest BCUT2D eigenvalue weighted by Gasteiger charge is 2.14. The Morgan fingerprint density at radius 1 is 0.929 bits per heavy atom. The zero-order valence-corrected chi connectivity index (χ0v) is 16.8. The van der Waals surface area contributed by atoms with Gasteiger partial charge in [-0.3, -0.25) is 4.72 Å². The summed E-state index contributed by atoms with van der Waals surface area (Å²) < 4.78 is 27.6. The Balaban J connectivity index is 1.73. The Hall–Kier alpha value is -3.13. The number of anilines is 4. The van der Waals surface area contributed by atoms with Crippen molar-refractivity contribution >= 4 is 33.2 Å². The van der Waals surface area contributed by atoms with Crippen LogP contribution in [-0.2, 0) is 10.0 Å². The summed E-state index contributed by atoms with van der Waals surface area (Å²) in [6, 6.07) is 15.6. The largest absolute Gasteiger partial charge is 0.354 e. The number of hydrogen-bond acceptors (Lipinski definition) is 6. The van der Waals surface area contributed by atoms with E-state index in [1.165, 1.54) is 0 Å². The van der Waals surface area contributed by atoms with Gasteiger partial charge in [-0.25, -0.2) is 13.4 Å². The molecule has 3 rings (SSSR count). The fourth-order valence-electron chi connectivity index (χ4n) is 2.64. The molecule has 7 nitrogen and oxygen atoms in total. The minimum Gasteiger partial charge on any atom is -0.354 e. The molecule has 1 aromatic heterocycles. The third kappa shape index (κ3) is 4.98. The molecule has 0 aliphatic rings. The van der Waals surface area contributed by atoms with Crippen molar-refractivity contribution in [2.24, 2.45) is 0 Å². The molecule has 28 heavy (non-hydrogen) atoms. The third-order valence-corrected chi connectivity index (χ3v) is 5.28. The van der Waals surface area contributed by atoms with Crippen molar-refractivity contribution in [3.63, 3.8) is 0 Å². The molecule has 0 radical (unpaired) electrons.